The van der Waals surface area contributed by atoms with Crippen LogP contribution in [-0.2, 0) is 6.42 Å². The Morgan fingerprint density at radius 3 is 2.70 bits per heavy atom. The summed E-state index contributed by atoms with van der Waals surface area (Å²) in [4.78, 5) is 1.13. The van der Waals surface area contributed by atoms with Gasteiger partial charge in [0, 0.05) is 16.7 Å². The van der Waals surface area contributed by atoms with Crippen molar-refractivity contribution < 1.29 is 4.39 Å². The highest BCUT2D eigenvalue weighted by Crippen LogP contribution is 2.20. The number of rotatable bonds is 8. The van der Waals surface area contributed by atoms with Crippen molar-refractivity contribution in [1.82, 2.24) is 5.32 Å². The summed E-state index contributed by atoms with van der Waals surface area (Å²) in [7, 11) is 0. The summed E-state index contributed by atoms with van der Waals surface area (Å²) in [5.74, 6) is 0.846. The van der Waals surface area contributed by atoms with E-state index in [9.17, 15) is 4.39 Å². The number of halogens is 1. The van der Waals surface area contributed by atoms with Crippen LogP contribution in [-0.4, -0.2) is 18.3 Å². The van der Waals surface area contributed by atoms with Gasteiger partial charge in [0.1, 0.15) is 5.82 Å². The number of hydrogen-bond donors (Lipinski definition) is 1. The molecule has 1 N–H and O–H groups in total. The number of nitrogens with one attached hydrogen (secondary N) is 1. The van der Waals surface area contributed by atoms with Gasteiger partial charge in [-0.15, -0.1) is 11.8 Å². The van der Waals surface area contributed by atoms with Crippen LogP contribution in [0.2, 0.25) is 0 Å². The SMILES string of the molecule is CCNC(CCc1ccsc1)CSc1ccc(F)cc1. The van der Waals surface area contributed by atoms with E-state index in [0.29, 0.717) is 6.04 Å². The van der Waals surface area contributed by atoms with Crippen molar-refractivity contribution in [2.24, 2.45) is 0 Å². The molecule has 0 aliphatic heterocycles. The van der Waals surface area contributed by atoms with Gasteiger partial charge >= 0.3 is 0 Å². The molecule has 20 heavy (non-hydrogen) atoms. The van der Waals surface area contributed by atoms with Crippen molar-refractivity contribution in [2.75, 3.05) is 12.3 Å². The Labute approximate surface area is 128 Å². The van der Waals surface area contributed by atoms with E-state index in [4.69, 9.17) is 0 Å². The summed E-state index contributed by atoms with van der Waals surface area (Å²) in [5.41, 5.74) is 1.42. The molecule has 0 spiro atoms. The Bertz CT molecular complexity index is 482. The van der Waals surface area contributed by atoms with Crippen LogP contribution in [0.15, 0.2) is 46.0 Å². The first-order valence-electron chi connectivity index (χ1n) is 6.90. The van der Waals surface area contributed by atoms with Gasteiger partial charge in [-0.2, -0.15) is 11.3 Å². The summed E-state index contributed by atoms with van der Waals surface area (Å²) in [5, 5.41) is 7.88. The Kier molecular flexibility index (Phi) is 6.57. The van der Waals surface area contributed by atoms with Crippen LogP contribution in [0.3, 0.4) is 0 Å². The third kappa shape index (κ3) is 5.27. The Morgan fingerprint density at radius 1 is 1.25 bits per heavy atom. The maximum atomic E-state index is 12.9. The quantitative estimate of drug-likeness (QED) is 0.716. The lowest BCUT2D eigenvalue weighted by atomic mass is 10.1. The molecule has 4 heteroatoms. The van der Waals surface area contributed by atoms with Crippen molar-refractivity contribution in [1.29, 1.82) is 0 Å². The molecule has 0 bridgehead atoms. The van der Waals surface area contributed by atoms with Crippen molar-refractivity contribution in [3.8, 4) is 0 Å². The van der Waals surface area contributed by atoms with Crippen molar-refractivity contribution in [2.45, 2.75) is 30.7 Å². The minimum Gasteiger partial charge on any atom is -0.313 e. The minimum absolute atomic E-state index is 0.171. The van der Waals surface area contributed by atoms with E-state index in [-0.39, 0.29) is 5.82 Å². The van der Waals surface area contributed by atoms with E-state index in [1.54, 1.807) is 23.1 Å². The van der Waals surface area contributed by atoms with Crippen LogP contribution >= 0.6 is 23.1 Å². The van der Waals surface area contributed by atoms with Crippen LogP contribution < -0.4 is 5.32 Å². The molecule has 108 valence electrons. The molecule has 1 heterocycles. The minimum atomic E-state index is -0.171. The van der Waals surface area contributed by atoms with E-state index in [1.807, 2.05) is 12.1 Å². The Morgan fingerprint density at radius 2 is 2.05 bits per heavy atom. The first-order valence-corrected chi connectivity index (χ1v) is 8.83. The third-order valence-electron chi connectivity index (χ3n) is 3.12. The normalized spacial score (nSPS) is 12.5. The molecule has 0 saturated heterocycles. The molecule has 1 unspecified atom stereocenters. The van der Waals surface area contributed by atoms with E-state index in [1.165, 1.54) is 17.7 Å². The zero-order valence-corrected chi connectivity index (χ0v) is 13.3. The van der Waals surface area contributed by atoms with Gasteiger partial charge in [0.25, 0.3) is 0 Å². The summed E-state index contributed by atoms with van der Waals surface area (Å²) in [6, 6.07) is 9.44. The maximum Gasteiger partial charge on any atom is 0.123 e. The smallest absolute Gasteiger partial charge is 0.123 e. The second-order valence-corrected chi connectivity index (χ2v) is 6.56. The predicted molar refractivity (Wildman–Crippen MR) is 87.2 cm³/mol. The number of thiophene rings is 1. The van der Waals surface area contributed by atoms with Gasteiger partial charge in [0.2, 0.25) is 0 Å². The number of hydrogen-bond acceptors (Lipinski definition) is 3. The van der Waals surface area contributed by atoms with E-state index in [0.717, 1.165) is 30.0 Å². The lowest BCUT2D eigenvalue weighted by Crippen LogP contribution is -2.31. The molecule has 0 radical (unpaired) electrons. The molecule has 0 aliphatic rings. The zero-order valence-electron chi connectivity index (χ0n) is 11.6. The third-order valence-corrected chi connectivity index (χ3v) is 5.03. The van der Waals surface area contributed by atoms with E-state index >= 15 is 0 Å². The fourth-order valence-corrected chi connectivity index (χ4v) is 3.75. The lowest BCUT2D eigenvalue weighted by molar-refractivity contribution is 0.538. The summed E-state index contributed by atoms with van der Waals surface area (Å²) in [6.45, 7) is 3.12. The van der Waals surface area contributed by atoms with Gasteiger partial charge in [0.05, 0.1) is 0 Å². The molecule has 1 atom stereocenters. The molecule has 0 amide bonds. The van der Waals surface area contributed by atoms with Gasteiger partial charge < -0.3 is 5.32 Å². The van der Waals surface area contributed by atoms with Gasteiger partial charge in [0.15, 0.2) is 0 Å². The average Bonchev–Trinajstić information content (AvgIpc) is 2.97. The molecule has 1 aromatic heterocycles. The maximum absolute atomic E-state index is 12.9. The summed E-state index contributed by atoms with van der Waals surface area (Å²) >= 11 is 3.54. The monoisotopic (exact) mass is 309 g/mol. The van der Waals surface area contributed by atoms with Gasteiger partial charge in [-0.25, -0.2) is 4.39 Å². The average molecular weight is 309 g/mol. The van der Waals surface area contributed by atoms with Crippen LogP contribution in [0.25, 0.3) is 0 Å². The van der Waals surface area contributed by atoms with E-state index in [2.05, 4.69) is 29.1 Å². The van der Waals surface area contributed by atoms with Crippen LogP contribution in [0.5, 0.6) is 0 Å². The fourth-order valence-electron chi connectivity index (χ4n) is 2.04. The zero-order chi connectivity index (χ0) is 14.2. The molecule has 1 aromatic carbocycles. The first-order chi connectivity index (χ1) is 9.78. The van der Waals surface area contributed by atoms with Crippen molar-refractivity contribution in [3.63, 3.8) is 0 Å². The second kappa shape index (κ2) is 8.45. The highest BCUT2D eigenvalue weighted by molar-refractivity contribution is 7.99. The molecule has 2 rings (SSSR count). The van der Waals surface area contributed by atoms with Crippen molar-refractivity contribution in [3.05, 3.63) is 52.5 Å². The van der Waals surface area contributed by atoms with Crippen LogP contribution in [0, 0.1) is 5.82 Å². The molecule has 1 nitrogen and oxygen atoms in total. The topological polar surface area (TPSA) is 12.0 Å². The molecule has 2 aromatic rings. The highest BCUT2D eigenvalue weighted by atomic mass is 32.2. The largest absolute Gasteiger partial charge is 0.313 e. The summed E-state index contributed by atoms with van der Waals surface area (Å²) < 4.78 is 12.9. The Hall–Kier alpha value is -0.840. The van der Waals surface area contributed by atoms with Crippen molar-refractivity contribution >= 4 is 23.1 Å². The standard InChI is InChI=1S/C16H20FNS2/c1-2-18-15(6-3-13-9-10-19-11-13)12-20-16-7-4-14(17)5-8-16/h4-5,7-11,15,18H,2-3,6,12H2,1H3. The predicted octanol–water partition coefficient (Wildman–Crippen LogP) is 4.59. The first kappa shape index (κ1) is 15.5. The second-order valence-electron chi connectivity index (χ2n) is 4.69. The molecule has 0 fully saturated rings. The van der Waals surface area contributed by atoms with Gasteiger partial charge in [-0.1, -0.05) is 6.92 Å². The number of aryl methyl sites for hydroxylation is 1. The van der Waals surface area contributed by atoms with Gasteiger partial charge in [-0.05, 0) is 66.0 Å². The number of thioether (sulfide) groups is 1. The molecular weight excluding hydrogens is 289 g/mol. The highest BCUT2D eigenvalue weighted by Gasteiger charge is 2.08. The molecular formula is C16H20FNS2. The number of benzene rings is 1. The Balaban J connectivity index is 1.80. The molecule has 0 aliphatic carbocycles. The summed E-state index contributed by atoms with van der Waals surface area (Å²) in [6.07, 6.45) is 2.25. The molecule has 0 saturated carbocycles. The fraction of sp³-hybridized carbons (Fsp3) is 0.375. The lowest BCUT2D eigenvalue weighted by Gasteiger charge is -2.17. The van der Waals surface area contributed by atoms with Crippen LogP contribution in [0.1, 0.15) is 18.9 Å². The van der Waals surface area contributed by atoms with Gasteiger partial charge in [-0.3, -0.25) is 0 Å². The van der Waals surface area contributed by atoms with Crippen LogP contribution in [0.4, 0.5) is 4.39 Å². The van der Waals surface area contributed by atoms with E-state index < -0.39 is 0 Å².